The maximum Gasteiger partial charge on any atom is 0.188 e. The minimum atomic E-state index is -0.0797. The summed E-state index contributed by atoms with van der Waals surface area (Å²) in [4.78, 5) is 71.3. The average molecular weight is 2040 g/mol. The highest BCUT2D eigenvalue weighted by atomic mass is 31.1. The molecule has 0 amide bonds. The molecular formula is C118H146O18P6. The molecule has 0 radical (unpaired) electrons. The van der Waals surface area contributed by atoms with E-state index in [2.05, 4.69) is 158 Å². The Morgan fingerprint density at radius 2 is 0.465 bits per heavy atom. The standard InChI is InChI=1S/C24H33O3P.2C21H27O3P.C18H21O3P.2C17H19O3P/c1-16(25)18-11-9-10-12-20(18)28-21-14-17(23(2,3)4)13-19(24(5,6)7)22(21)27-15-26-8;1-14-11-16(21(3,4)5)12-19(20(14)24-13-23-6)25-18-10-8-7-9-17(18)15(2)22;1-14-11-17(21(3,4)5)20(24-13-23-6)19(12-14)25-18-10-8-7-9-16(18)15(2)22;1-12-9-13(2)18(21-11-20-4)17(10-12)22-16-8-6-5-7-15(16)14(3)19;1-12-7-6-10-16(17(12)20-11-19-3)21-15-9-5-4-8-14(15)13(2)18;1-12-8-9-15(20-11-19-3)17(10-12)21-16-7-5-4-6-14(16)13(2)18/h9-14,28H,15H2,1-8H3;2*7-12,25H,13H2,1-6H3;5-10,22H,11H2,1-4H3;2*4-10,21H,11H2,1-3H3. The quantitative estimate of drug-likeness (QED) is 0.0203. The third-order valence-corrected chi connectivity index (χ3v) is 30.2. The van der Waals surface area contributed by atoms with Gasteiger partial charge in [0.1, 0.15) is 34.5 Å². The van der Waals surface area contributed by atoms with Crippen LogP contribution in [-0.2, 0) is 50.1 Å². The van der Waals surface area contributed by atoms with Gasteiger partial charge in [0.15, 0.2) is 75.5 Å². The van der Waals surface area contributed by atoms with Crippen molar-refractivity contribution in [3.05, 3.63) is 320 Å². The van der Waals surface area contributed by atoms with E-state index in [1.807, 2.05) is 197 Å². The van der Waals surface area contributed by atoms with Gasteiger partial charge in [-0.3, -0.25) is 28.8 Å². The van der Waals surface area contributed by atoms with E-state index in [1.54, 1.807) is 84.2 Å². The summed E-state index contributed by atoms with van der Waals surface area (Å²) in [5, 5.41) is 12.9. The Kier molecular flexibility index (Phi) is 48.1. The summed E-state index contributed by atoms with van der Waals surface area (Å²) in [5.41, 5.74) is 16.2. The van der Waals surface area contributed by atoms with Gasteiger partial charge in [0, 0.05) is 119 Å². The Balaban J connectivity index is 0.000000232. The summed E-state index contributed by atoms with van der Waals surface area (Å²) in [5.74, 6) is 5.63. The number of Topliss-reactive ketones (excluding diaryl/α,β-unsaturated/α-hetero) is 6. The molecule has 12 rings (SSSR count). The van der Waals surface area contributed by atoms with Crippen LogP contribution in [0.4, 0.5) is 0 Å². The summed E-state index contributed by atoms with van der Waals surface area (Å²) in [6.45, 7) is 49.6. The molecule has 142 heavy (non-hydrogen) atoms. The fourth-order valence-corrected chi connectivity index (χ4v) is 23.7. The van der Waals surface area contributed by atoms with E-state index < -0.39 is 0 Å². The van der Waals surface area contributed by atoms with E-state index in [0.29, 0.717) is 51.5 Å². The van der Waals surface area contributed by atoms with Gasteiger partial charge in [-0.2, -0.15) is 0 Å². The number of methoxy groups -OCH3 is 6. The second-order valence-electron chi connectivity index (χ2n) is 38.3. The van der Waals surface area contributed by atoms with Crippen molar-refractivity contribution in [2.75, 3.05) is 83.4 Å². The Morgan fingerprint density at radius 3 is 0.789 bits per heavy atom. The molecule has 0 saturated carbocycles. The zero-order chi connectivity index (χ0) is 105. The van der Waals surface area contributed by atoms with Crippen LogP contribution in [0.5, 0.6) is 34.5 Å². The zero-order valence-corrected chi connectivity index (χ0v) is 94.5. The van der Waals surface area contributed by atoms with Crippen LogP contribution in [0.1, 0.15) is 242 Å². The predicted molar refractivity (Wildman–Crippen MR) is 601 cm³/mol. The normalized spacial score (nSPS) is 11.6. The first-order valence-corrected chi connectivity index (χ1v) is 52.9. The van der Waals surface area contributed by atoms with Crippen LogP contribution >= 0.6 is 51.5 Å². The lowest BCUT2D eigenvalue weighted by atomic mass is 9.80. The van der Waals surface area contributed by atoms with Gasteiger partial charge in [-0.05, 0) is 212 Å². The molecule has 0 fully saturated rings. The first-order valence-electron chi connectivity index (χ1n) is 46.9. The molecule has 0 heterocycles. The van der Waals surface area contributed by atoms with Crippen molar-refractivity contribution in [1.29, 1.82) is 0 Å². The average Bonchev–Trinajstić information content (AvgIpc) is 0.775. The highest BCUT2D eigenvalue weighted by molar-refractivity contribution is 7.57. The van der Waals surface area contributed by atoms with E-state index >= 15 is 0 Å². The number of aryl methyl sites for hydroxylation is 6. The highest BCUT2D eigenvalue weighted by Crippen LogP contribution is 2.40. The second kappa shape index (κ2) is 57.5. The second-order valence-corrected chi connectivity index (χ2v) is 46.3. The largest absolute Gasteiger partial charge is 0.467 e. The molecule has 0 aliphatic rings. The first-order chi connectivity index (χ1) is 67.2. The predicted octanol–water partition coefficient (Wildman–Crippen LogP) is 22.0. The van der Waals surface area contributed by atoms with Gasteiger partial charge in [0.25, 0.3) is 0 Å². The van der Waals surface area contributed by atoms with Gasteiger partial charge < -0.3 is 56.8 Å². The van der Waals surface area contributed by atoms with E-state index in [-0.39, 0.29) is 97.1 Å². The van der Waals surface area contributed by atoms with Gasteiger partial charge in [0.2, 0.25) is 0 Å². The molecule has 756 valence electrons. The molecule has 0 bridgehead atoms. The molecule has 0 spiro atoms. The van der Waals surface area contributed by atoms with Crippen LogP contribution in [0.25, 0.3) is 0 Å². The Morgan fingerprint density at radius 1 is 0.218 bits per heavy atom. The maximum atomic E-state index is 12.1. The summed E-state index contributed by atoms with van der Waals surface area (Å²) >= 11 is 0. The van der Waals surface area contributed by atoms with E-state index in [1.165, 1.54) is 33.4 Å². The van der Waals surface area contributed by atoms with Gasteiger partial charge in [-0.25, -0.2) is 0 Å². The number of hydrogen-bond donors (Lipinski definition) is 0. The van der Waals surface area contributed by atoms with Crippen molar-refractivity contribution in [3.8, 4) is 34.5 Å². The van der Waals surface area contributed by atoms with E-state index in [0.717, 1.165) is 154 Å². The summed E-state index contributed by atoms with van der Waals surface area (Å²) in [7, 11) is 11.8. The summed E-state index contributed by atoms with van der Waals surface area (Å²) < 4.78 is 65.4. The molecular weight excluding hydrogens is 1890 g/mol. The van der Waals surface area contributed by atoms with Gasteiger partial charge in [0.05, 0.1) is 0 Å². The molecule has 0 saturated heterocycles. The van der Waals surface area contributed by atoms with Crippen molar-refractivity contribution in [3.63, 3.8) is 0 Å². The molecule has 12 aromatic rings. The van der Waals surface area contributed by atoms with Crippen molar-refractivity contribution in [1.82, 2.24) is 0 Å². The number of carbonyl (C=O) groups excluding carboxylic acids is 6. The minimum Gasteiger partial charge on any atom is -0.467 e. The highest BCUT2D eigenvalue weighted by Gasteiger charge is 2.30. The molecule has 0 aliphatic heterocycles. The molecule has 12 aromatic carbocycles. The smallest absolute Gasteiger partial charge is 0.188 e. The Labute approximate surface area is 855 Å². The molecule has 24 heteroatoms. The fourth-order valence-electron chi connectivity index (χ4n) is 15.0. The molecule has 0 N–H and O–H groups in total. The molecule has 0 aliphatic carbocycles. The Hall–Kier alpha value is -10.2. The SMILES string of the molecule is COCOc1c(C)cc(C(C)(C)C)cc1Pc1ccccc1C(C)=O.COCOc1c(C)cc(C)cc1Pc1ccccc1C(C)=O.COCOc1c(C)cccc1Pc1ccccc1C(C)=O.COCOc1c(Pc2ccccc2C(C)=O)cc(C(C)(C)C)cc1C(C)(C)C.COCOc1c(Pc2ccccc2C(C)=O)cc(C)cc1C(C)(C)C.COCOc1ccc(C)cc1Pc1ccccc1C(C)=O. The van der Waals surface area contributed by atoms with Crippen LogP contribution in [-0.4, -0.2) is 118 Å². The number of ether oxygens (including phenoxy) is 12. The third-order valence-electron chi connectivity index (χ3n) is 22.1. The number of rotatable bonds is 36. The van der Waals surface area contributed by atoms with Crippen LogP contribution in [0.2, 0.25) is 0 Å². The monoisotopic (exact) mass is 2040 g/mol. The zero-order valence-electron chi connectivity index (χ0n) is 88.5. The maximum absolute atomic E-state index is 12.1. The lowest BCUT2D eigenvalue weighted by Gasteiger charge is -2.29. The van der Waals surface area contributed by atoms with Crippen molar-refractivity contribution in [2.24, 2.45) is 0 Å². The van der Waals surface area contributed by atoms with Crippen LogP contribution < -0.4 is 92.1 Å². The van der Waals surface area contributed by atoms with Gasteiger partial charge >= 0.3 is 0 Å². The summed E-state index contributed by atoms with van der Waals surface area (Å²) in [6, 6.07) is 76.1. The number of ketones is 6. The van der Waals surface area contributed by atoms with Crippen molar-refractivity contribution < 1.29 is 85.6 Å². The minimum absolute atomic E-state index is 0.0130. The topological polar surface area (TPSA) is 213 Å². The molecule has 0 aromatic heterocycles. The lowest BCUT2D eigenvalue weighted by molar-refractivity contribution is 0.0504. The molecule has 6 unspecified atom stereocenters. The first kappa shape index (κ1) is 119. The fraction of sp³-hybridized carbons (Fsp3) is 0.339. The molecule has 6 atom stereocenters. The van der Waals surface area contributed by atoms with Crippen molar-refractivity contribution >= 4 is 150 Å². The number of carbonyl (C=O) groups is 6. The third kappa shape index (κ3) is 36.5. The van der Waals surface area contributed by atoms with E-state index in [4.69, 9.17) is 56.8 Å². The number of para-hydroxylation sites is 1. The van der Waals surface area contributed by atoms with Crippen LogP contribution in [0.15, 0.2) is 231 Å². The van der Waals surface area contributed by atoms with Gasteiger partial charge in [-0.1, -0.05) is 334 Å². The van der Waals surface area contributed by atoms with E-state index in [9.17, 15) is 28.8 Å². The molecule has 18 nitrogen and oxygen atoms in total. The van der Waals surface area contributed by atoms with Gasteiger partial charge in [-0.15, -0.1) is 0 Å². The number of benzene rings is 12. The Bertz CT molecular complexity index is 6140. The van der Waals surface area contributed by atoms with Crippen LogP contribution in [0.3, 0.4) is 0 Å². The van der Waals surface area contributed by atoms with Crippen molar-refractivity contribution in [2.45, 2.75) is 188 Å². The lowest BCUT2D eigenvalue weighted by Crippen LogP contribution is -2.24. The van der Waals surface area contributed by atoms with Crippen LogP contribution in [0, 0.1) is 41.5 Å². The summed E-state index contributed by atoms with van der Waals surface area (Å²) in [6.07, 6.45) is 0. The number of hydrogen-bond acceptors (Lipinski definition) is 18.